The van der Waals surface area contributed by atoms with Gasteiger partial charge in [0.1, 0.15) is 11.3 Å². The van der Waals surface area contributed by atoms with E-state index in [4.69, 9.17) is 15.6 Å². The van der Waals surface area contributed by atoms with Crippen LogP contribution in [0, 0.1) is 0 Å². The molecule has 1 rings (SSSR count). The lowest BCUT2D eigenvalue weighted by atomic mass is 10.2. The summed E-state index contributed by atoms with van der Waals surface area (Å²) < 4.78 is 5.90. The lowest BCUT2D eigenvalue weighted by Gasteiger charge is -2.10. The lowest BCUT2D eigenvalue weighted by Crippen LogP contribution is -2.03. The van der Waals surface area contributed by atoms with E-state index in [9.17, 15) is 4.79 Å². The molecule has 0 aliphatic carbocycles. The monoisotopic (exact) mass is 323 g/mol. The molecule has 0 heterocycles. The van der Waals surface area contributed by atoms with E-state index in [-0.39, 0.29) is 11.3 Å². The standard InChI is InChI=1S/C8H7Br2NO3/c1-14-7-3(8(12)13)2-4(9)6(11)5(7)10/h2H,11H2,1H3,(H,12,13). The fourth-order valence-corrected chi connectivity index (χ4v) is 2.26. The van der Waals surface area contributed by atoms with Crippen molar-refractivity contribution in [3.05, 3.63) is 20.6 Å². The van der Waals surface area contributed by atoms with Crippen molar-refractivity contribution in [1.29, 1.82) is 0 Å². The number of hydrogen-bond acceptors (Lipinski definition) is 3. The number of hydrogen-bond donors (Lipinski definition) is 2. The smallest absolute Gasteiger partial charge is 0.339 e. The number of nitrogen functional groups attached to an aromatic ring is 1. The maximum atomic E-state index is 10.8. The molecule has 0 fully saturated rings. The number of rotatable bonds is 2. The Morgan fingerprint density at radius 2 is 2.14 bits per heavy atom. The second kappa shape index (κ2) is 4.18. The number of carboxylic acids is 1. The molecule has 14 heavy (non-hydrogen) atoms. The van der Waals surface area contributed by atoms with Crippen LogP contribution in [0.1, 0.15) is 10.4 Å². The van der Waals surface area contributed by atoms with Gasteiger partial charge in [0.2, 0.25) is 0 Å². The molecule has 4 nitrogen and oxygen atoms in total. The molecule has 0 unspecified atom stereocenters. The van der Waals surface area contributed by atoms with Crippen molar-refractivity contribution in [2.75, 3.05) is 12.8 Å². The molecule has 0 radical (unpaired) electrons. The van der Waals surface area contributed by atoms with E-state index in [2.05, 4.69) is 31.9 Å². The van der Waals surface area contributed by atoms with Crippen molar-refractivity contribution in [2.45, 2.75) is 0 Å². The highest BCUT2D eigenvalue weighted by Gasteiger charge is 2.18. The number of methoxy groups -OCH3 is 1. The third kappa shape index (κ3) is 1.85. The topological polar surface area (TPSA) is 72.5 Å². The summed E-state index contributed by atoms with van der Waals surface area (Å²) in [6.45, 7) is 0. The van der Waals surface area contributed by atoms with Crippen LogP contribution in [0.4, 0.5) is 5.69 Å². The van der Waals surface area contributed by atoms with Crippen LogP contribution in [0.5, 0.6) is 5.75 Å². The number of carboxylic acid groups (broad SMARTS) is 1. The molecule has 0 saturated heterocycles. The average molecular weight is 325 g/mol. The van der Waals surface area contributed by atoms with E-state index in [0.29, 0.717) is 14.6 Å². The second-order valence-electron chi connectivity index (χ2n) is 2.47. The molecule has 0 bridgehead atoms. The van der Waals surface area contributed by atoms with Crippen LogP contribution in [0.25, 0.3) is 0 Å². The first-order valence-corrected chi connectivity index (χ1v) is 5.12. The molecule has 0 aromatic heterocycles. The number of nitrogens with two attached hydrogens (primary N) is 1. The molecule has 1 aromatic rings. The SMILES string of the molecule is COc1c(C(=O)O)cc(Br)c(N)c1Br. The van der Waals surface area contributed by atoms with Gasteiger partial charge in [0, 0.05) is 4.47 Å². The highest BCUT2D eigenvalue weighted by molar-refractivity contribution is 9.11. The number of ether oxygens (including phenoxy) is 1. The maximum Gasteiger partial charge on any atom is 0.339 e. The molecule has 6 heteroatoms. The summed E-state index contributed by atoms with van der Waals surface area (Å²) in [6, 6.07) is 1.40. The van der Waals surface area contributed by atoms with Gasteiger partial charge in [-0.2, -0.15) is 0 Å². The maximum absolute atomic E-state index is 10.8. The predicted molar refractivity (Wildman–Crippen MR) is 59.8 cm³/mol. The van der Waals surface area contributed by atoms with E-state index in [1.807, 2.05) is 0 Å². The fraction of sp³-hybridized carbons (Fsp3) is 0.125. The Kier molecular flexibility index (Phi) is 3.38. The van der Waals surface area contributed by atoms with E-state index >= 15 is 0 Å². The van der Waals surface area contributed by atoms with Crippen LogP contribution in [0.3, 0.4) is 0 Å². The molecule has 0 aliphatic rings. The second-order valence-corrected chi connectivity index (χ2v) is 4.12. The van der Waals surface area contributed by atoms with Gasteiger partial charge in [0.05, 0.1) is 17.3 Å². The summed E-state index contributed by atoms with van der Waals surface area (Å²) in [5.74, 6) is -0.846. The zero-order valence-electron chi connectivity index (χ0n) is 7.17. The van der Waals surface area contributed by atoms with E-state index in [0.717, 1.165) is 0 Å². The summed E-state index contributed by atoms with van der Waals surface area (Å²) in [5.41, 5.74) is 6.13. The summed E-state index contributed by atoms with van der Waals surface area (Å²) >= 11 is 6.32. The third-order valence-corrected chi connectivity index (χ3v) is 3.09. The summed E-state index contributed by atoms with van der Waals surface area (Å²) in [5, 5.41) is 8.87. The van der Waals surface area contributed by atoms with Crippen LogP contribution in [-0.4, -0.2) is 18.2 Å². The molecular formula is C8H7Br2NO3. The van der Waals surface area contributed by atoms with Crippen molar-refractivity contribution >= 4 is 43.5 Å². The Hall–Kier alpha value is -0.750. The molecule has 3 N–H and O–H groups in total. The first-order valence-electron chi connectivity index (χ1n) is 3.53. The Balaban J connectivity index is 3.51. The first kappa shape index (κ1) is 11.3. The fourth-order valence-electron chi connectivity index (χ4n) is 0.974. The van der Waals surface area contributed by atoms with Gasteiger partial charge in [-0.25, -0.2) is 4.79 Å². The molecule has 0 spiro atoms. The Bertz CT molecular complexity index is 393. The molecule has 1 aromatic carbocycles. The number of aromatic carboxylic acids is 1. The first-order chi connectivity index (χ1) is 6.49. The van der Waals surface area contributed by atoms with E-state index in [1.165, 1.54) is 13.2 Å². The van der Waals surface area contributed by atoms with Crippen LogP contribution < -0.4 is 10.5 Å². The molecule has 76 valence electrons. The Morgan fingerprint density at radius 1 is 1.57 bits per heavy atom. The third-order valence-electron chi connectivity index (χ3n) is 1.64. The average Bonchev–Trinajstić information content (AvgIpc) is 2.13. The highest BCUT2D eigenvalue weighted by Crippen LogP contribution is 2.39. The van der Waals surface area contributed by atoms with Crippen molar-refractivity contribution < 1.29 is 14.6 Å². The minimum Gasteiger partial charge on any atom is -0.495 e. The number of carbonyl (C=O) groups is 1. The van der Waals surface area contributed by atoms with Gasteiger partial charge in [0.25, 0.3) is 0 Å². The van der Waals surface area contributed by atoms with Crippen molar-refractivity contribution in [2.24, 2.45) is 0 Å². The van der Waals surface area contributed by atoms with Gasteiger partial charge in [-0.15, -0.1) is 0 Å². The molecule has 0 amide bonds. The predicted octanol–water partition coefficient (Wildman–Crippen LogP) is 2.50. The normalized spacial score (nSPS) is 9.93. The van der Waals surface area contributed by atoms with Crippen molar-refractivity contribution in [3.63, 3.8) is 0 Å². The minimum absolute atomic E-state index is 0.0560. The zero-order valence-corrected chi connectivity index (χ0v) is 10.3. The zero-order chi connectivity index (χ0) is 10.9. The molecule has 0 saturated carbocycles. The number of benzene rings is 1. The summed E-state index contributed by atoms with van der Waals surface area (Å²) in [4.78, 5) is 10.8. The van der Waals surface area contributed by atoms with Crippen LogP contribution >= 0.6 is 31.9 Å². The quantitative estimate of drug-likeness (QED) is 0.820. The Morgan fingerprint density at radius 3 is 2.57 bits per heavy atom. The number of halogens is 2. The van der Waals surface area contributed by atoms with Crippen LogP contribution in [0.2, 0.25) is 0 Å². The molecule has 0 atom stereocenters. The minimum atomic E-state index is -1.07. The van der Waals surface area contributed by atoms with E-state index < -0.39 is 5.97 Å². The van der Waals surface area contributed by atoms with Crippen LogP contribution in [-0.2, 0) is 0 Å². The van der Waals surface area contributed by atoms with Gasteiger partial charge in [-0.05, 0) is 37.9 Å². The summed E-state index contributed by atoms with van der Waals surface area (Å²) in [6.07, 6.45) is 0. The number of anilines is 1. The van der Waals surface area contributed by atoms with Gasteiger partial charge in [0.15, 0.2) is 0 Å². The summed E-state index contributed by atoms with van der Waals surface area (Å²) in [7, 11) is 1.39. The van der Waals surface area contributed by atoms with Crippen molar-refractivity contribution in [1.82, 2.24) is 0 Å². The lowest BCUT2D eigenvalue weighted by molar-refractivity contribution is 0.0693. The van der Waals surface area contributed by atoms with E-state index in [1.54, 1.807) is 0 Å². The van der Waals surface area contributed by atoms with Gasteiger partial charge in [-0.3, -0.25) is 0 Å². The van der Waals surface area contributed by atoms with Crippen LogP contribution in [0.15, 0.2) is 15.0 Å². The van der Waals surface area contributed by atoms with Gasteiger partial charge >= 0.3 is 5.97 Å². The van der Waals surface area contributed by atoms with Crippen molar-refractivity contribution in [3.8, 4) is 5.75 Å². The molecule has 0 aliphatic heterocycles. The largest absolute Gasteiger partial charge is 0.495 e. The Labute approximate surface area is 97.3 Å². The van der Waals surface area contributed by atoms with Gasteiger partial charge in [-0.1, -0.05) is 0 Å². The van der Waals surface area contributed by atoms with Gasteiger partial charge < -0.3 is 15.6 Å². The highest BCUT2D eigenvalue weighted by atomic mass is 79.9. The molecular weight excluding hydrogens is 318 g/mol.